The molecule has 9 nitrogen and oxygen atoms in total. The number of hydrogen-bond donors (Lipinski definition) is 1. The average Bonchev–Trinajstić information content (AvgIpc) is 2.81. The molecule has 0 unspecified atom stereocenters. The maximum atomic E-state index is 11.9. The van der Waals surface area contributed by atoms with Gasteiger partial charge in [-0.3, -0.25) is 14.9 Å². The molecule has 1 N–H and O–H groups in total. The summed E-state index contributed by atoms with van der Waals surface area (Å²) < 4.78 is 0. The number of carbonyl (C=O) groups is 1. The van der Waals surface area contributed by atoms with Crippen molar-refractivity contribution in [2.45, 2.75) is 6.17 Å². The molecule has 0 radical (unpaired) electrons. The summed E-state index contributed by atoms with van der Waals surface area (Å²) in [6.45, 7) is 3.30. The van der Waals surface area contributed by atoms with Crippen molar-refractivity contribution in [3.63, 3.8) is 0 Å². The number of likely N-dealkylation sites (N-methyl/N-ethyl adjacent to an activating group) is 1. The van der Waals surface area contributed by atoms with Crippen molar-refractivity contribution in [2.75, 3.05) is 33.2 Å². The molecule has 2 saturated heterocycles. The molecule has 108 valence electrons. The number of amides is 1. The van der Waals surface area contributed by atoms with Crippen LogP contribution in [0.5, 0.6) is 0 Å². The van der Waals surface area contributed by atoms with Crippen LogP contribution in [0.3, 0.4) is 0 Å². The average molecular weight is 281 g/mol. The van der Waals surface area contributed by atoms with Gasteiger partial charge in [-0.1, -0.05) is 0 Å². The van der Waals surface area contributed by atoms with Crippen molar-refractivity contribution in [1.29, 1.82) is 0 Å². The molecule has 0 aromatic heterocycles. The van der Waals surface area contributed by atoms with Crippen molar-refractivity contribution in [1.82, 2.24) is 20.3 Å². The van der Waals surface area contributed by atoms with Crippen LogP contribution in [0.15, 0.2) is 23.5 Å². The van der Waals surface area contributed by atoms with Crippen LogP contribution in [0.25, 0.3) is 0 Å². The van der Waals surface area contributed by atoms with Gasteiger partial charge in [-0.05, 0) is 13.1 Å². The fourth-order valence-corrected chi connectivity index (χ4v) is 2.49. The summed E-state index contributed by atoms with van der Waals surface area (Å²) in [4.78, 5) is 31.5. The molecule has 1 amide bonds. The fraction of sp³-hybridized carbons (Fsp3) is 0.545. The zero-order valence-corrected chi connectivity index (χ0v) is 11.0. The molecule has 3 rings (SSSR count). The lowest BCUT2D eigenvalue weighted by molar-refractivity contribution is -0.557. The Labute approximate surface area is 115 Å². The molecular weight excluding hydrogens is 266 g/mol. The monoisotopic (exact) mass is 281 g/mol. The Morgan fingerprint density at radius 3 is 2.75 bits per heavy atom. The van der Waals surface area contributed by atoms with Crippen LogP contribution in [0, 0.1) is 10.1 Å². The number of hydrogen-bond acceptors (Lipinski definition) is 7. The van der Waals surface area contributed by atoms with Gasteiger partial charge in [0.25, 0.3) is 5.91 Å². The van der Waals surface area contributed by atoms with Crippen LogP contribution in [-0.2, 0) is 9.73 Å². The van der Waals surface area contributed by atoms with Gasteiger partial charge in [0.2, 0.25) is 0 Å². The number of fused-ring (bicyclic) bond motifs is 1. The number of nitrogens with one attached hydrogen (secondary N) is 1. The van der Waals surface area contributed by atoms with Gasteiger partial charge in [0, 0.05) is 32.3 Å². The van der Waals surface area contributed by atoms with E-state index in [9.17, 15) is 14.9 Å². The van der Waals surface area contributed by atoms with E-state index >= 15 is 0 Å². The Morgan fingerprint density at radius 2 is 2.10 bits per heavy atom. The van der Waals surface area contributed by atoms with Crippen LogP contribution in [0.4, 0.5) is 0 Å². The minimum atomic E-state index is -1.18. The third-order valence-corrected chi connectivity index (χ3v) is 3.64. The molecule has 3 aliphatic heterocycles. The van der Waals surface area contributed by atoms with Gasteiger partial charge in [0.1, 0.15) is 0 Å². The van der Waals surface area contributed by atoms with E-state index in [1.54, 1.807) is 6.08 Å². The van der Waals surface area contributed by atoms with Crippen LogP contribution in [-0.4, -0.2) is 65.1 Å². The van der Waals surface area contributed by atoms with Gasteiger partial charge >= 0.3 is 6.17 Å². The van der Waals surface area contributed by atoms with Crippen molar-refractivity contribution >= 4 is 5.91 Å². The highest BCUT2D eigenvalue weighted by molar-refractivity contribution is 5.94. The highest BCUT2D eigenvalue weighted by Crippen LogP contribution is 2.28. The van der Waals surface area contributed by atoms with Crippen molar-refractivity contribution in [3.8, 4) is 0 Å². The molecule has 0 spiro atoms. The second kappa shape index (κ2) is 4.76. The summed E-state index contributed by atoms with van der Waals surface area (Å²) in [6, 6.07) is 0. The van der Waals surface area contributed by atoms with E-state index in [1.807, 2.05) is 11.9 Å². The Hall–Kier alpha value is -2.13. The van der Waals surface area contributed by atoms with E-state index in [1.165, 1.54) is 6.08 Å². The van der Waals surface area contributed by atoms with Gasteiger partial charge in [-0.25, -0.2) is 5.48 Å². The maximum Gasteiger partial charge on any atom is 0.330 e. The van der Waals surface area contributed by atoms with Crippen molar-refractivity contribution in [2.24, 2.45) is 0 Å². The predicted molar refractivity (Wildman–Crippen MR) is 67.1 cm³/mol. The van der Waals surface area contributed by atoms with Crippen molar-refractivity contribution in [3.05, 3.63) is 33.7 Å². The maximum absolute atomic E-state index is 11.9. The number of piperazine rings is 1. The van der Waals surface area contributed by atoms with Crippen LogP contribution >= 0.6 is 0 Å². The van der Waals surface area contributed by atoms with E-state index in [4.69, 9.17) is 4.94 Å². The molecule has 0 bridgehead atoms. The SMILES string of the molecule is CN1CCN(C2=C3C(=O)NON3[C@@H]([N+](=O)[O-])C=C2)CC1. The number of hydroxylamine groups is 3. The van der Waals surface area contributed by atoms with Gasteiger partial charge in [0.15, 0.2) is 5.70 Å². The van der Waals surface area contributed by atoms with E-state index in [0.29, 0.717) is 5.70 Å². The molecule has 0 saturated carbocycles. The van der Waals surface area contributed by atoms with Crippen LogP contribution in [0.2, 0.25) is 0 Å². The number of carbonyl (C=O) groups excluding carboxylic acids is 1. The van der Waals surface area contributed by atoms with Crippen LogP contribution < -0.4 is 5.48 Å². The highest BCUT2D eigenvalue weighted by atomic mass is 16.8. The quantitative estimate of drug-likeness (QED) is 0.507. The van der Waals surface area contributed by atoms with E-state index in [-0.39, 0.29) is 5.70 Å². The first kappa shape index (κ1) is 12.9. The first-order valence-corrected chi connectivity index (χ1v) is 6.34. The second-order valence-corrected chi connectivity index (χ2v) is 4.93. The summed E-state index contributed by atoms with van der Waals surface area (Å²) in [5, 5.41) is 12.0. The molecule has 20 heavy (non-hydrogen) atoms. The number of nitro groups is 1. The number of allylic oxidation sites excluding steroid dienone is 1. The third kappa shape index (κ3) is 2.00. The number of rotatable bonds is 2. The van der Waals surface area contributed by atoms with Gasteiger partial charge in [-0.15, -0.1) is 10.0 Å². The van der Waals surface area contributed by atoms with Gasteiger partial charge < -0.3 is 9.80 Å². The molecule has 2 fully saturated rings. The van der Waals surface area contributed by atoms with E-state index < -0.39 is 17.0 Å². The molecule has 0 aliphatic carbocycles. The van der Waals surface area contributed by atoms with E-state index in [2.05, 4.69) is 10.4 Å². The largest absolute Gasteiger partial charge is 0.367 e. The molecule has 1 atom stereocenters. The number of nitrogens with zero attached hydrogens (tertiary/aromatic N) is 4. The summed E-state index contributed by atoms with van der Waals surface area (Å²) in [6.07, 6.45) is 1.89. The zero-order chi connectivity index (χ0) is 14.3. The smallest absolute Gasteiger partial charge is 0.330 e. The molecule has 3 heterocycles. The highest BCUT2D eigenvalue weighted by Gasteiger charge is 2.43. The van der Waals surface area contributed by atoms with E-state index in [0.717, 1.165) is 31.2 Å². The zero-order valence-electron chi connectivity index (χ0n) is 11.0. The first-order chi connectivity index (χ1) is 9.58. The minimum absolute atomic E-state index is 0.207. The normalized spacial score (nSPS) is 26.9. The van der Waals surface area contributed by atoms with Crippen LogP contribution in [0.1, 0.15) is 0 Å². The first-order valence-electron chi connectivity index (χ1n) is 6.34. The Kier molecular flexibility index (Phi) is 3.07. The van der Waals surface area contributed by atoms with Gasteiger partial charge in [0.05, 0.1) is 10.6 Å². The summed E-state index contributed by atoms with van der Waals surface area (Å²) in [7, 11) is 2.03. The minimum Gasteiger partial charge on any atom is -0.367 e. The van der Waals surface area contributed by atoms with Crippen molar-refractivity contribution < 1.29 is 14.7 Å². The topological polar surface area (TPSA) is 91.2 Å². The summed E-state index contributed by atoms with van der Waals surface area (Å²) in [5.41, 5.74) is 3.05. The molecule has 0 aromatic carbocycles. The lowest BCUT2D eigenvalue weighted by Gasteiger charge is -2.36. The molecule has 0 aromatic rings. The molecular formula is C11H15N5O4. The summed E-state index contributed by atoms with van der Waals surface area (Å²) >= 11 is 0. The lowest BCUT2D eigenvalue weighted by atomic mass is 10.1. The lowest BCUT2D eigenvalue weighted by Crippen LogP contribution is -2.46. The Bertz CT molecular complexity index is 509. The Balaban J connectivity index is 1.91. The third-order valence-electron chi connectivity index (χ3n) is 3.64. The fourth-order valence-electron chi connectivity index (χ4n) is 2.49. The second-order valence-electron chi connectivity index (χ2n) is 4.93. The molecule has 3 aliphatic rings. The standard InChI is InChI=1S/C11H15N5O4/c1-13-4-6-14(7-5-13)8-2-3-9(16(18)19)15-10(8)11(17)12-20-15/h2-3,9H,4-7H2,1H3,(H,12,17)/t9-/m0/s1. The predicted octanol–water partition coefficient (Wildman–Crippen LogP) is -1.10. The summed E-state index contributed by atoms with van der Waals surface area (Å²) in [5.74, 6) is -0.449. The molecule has 9 heteroatoms. The Morgan fingerprint density at radius 1 is 1.40 bits per heavy atom. The van der Waals surface area contributed by atoms with Gasteiger partial charge in [-0.2, -0.15) is 0 Å².